The molecular formula is C12H21N3O2S. The molecule has 0 aliphatic heterocycles. The van der Waals surface area contributed by atoms with Crippen molar-refractivity contribution in [2.45, 2.75) is 32.1 Å². The van der Waals surface area contributed by atoms with E-state index in [0.717, 1.165) is 13.0 Å². The van der Waals surface area contributed by atoms with E-state index in [1.165, 1.54) is 12.1 Å². The van der Waals surface area contributed by atoms with E-state index in [9.17, 15) is 8.42 Å². The highest BCUT2D eigenvalue weighted by molar-refractivity contribution is 7.89. The second kappa shape index (κ2) is 5.16. The normalized spacial score (nSPS) is 12.4. The number of benzene rings is 1. The van der Waals surface area contributed by atoms with Crippen molar-refractivity contribution in [3.63, 3.8) is 0 Å². The zero-order chi connectivity index (χ0) is 14.0. The minimum Gasteiger partial charge on any atom is -0.399 e. The van der Waals surface area contributed by atoms with E-state index in [4.69, 9.17) is 10.9 Å². The van der Waals surface area contributed by atoms with Crippen LogP contribution < -0.4 is 16.2 Å². The lowest BCUT2D eigenvalue weighted by atomic mass is 9.92. The number of nitrogens with one attached hydrogen (secondary N) is 1. The predicted molar refractivity (Wildman–Crippen MR) is 74.8 cm³/mol. The summed E-state index contributed by atoms with van der Waals surface area (Å²) in [6.45, 7) is 7.18. The number of nitrogen functional groups attached to an aromatic ring is 1. The summed E-state index contributed by atoms with van der Waals surface area (Å²) < 4.78 is 22.5. The van der Waals surface area contributed by atoms with Crippen molar-refractivity contribution >= 4 is 21.4 Å². The Hall–Kier alpha value is -1.27. The second-order valence-electron chi connectivity index (χ2n) is 5.57. The van der Waals surface area contributed by atoms with Gasteiger partial charge in [-0.15, -0.1) is 0 Å². The van der Waals surface area contributed by atoms with Gasteiger partial charge in [-0.05, 0) is 30.0 Å². The lowest BCUT2D eigenvalue weighted by molar-refractivity contribution is 0.390. The Morgan fingerprint density at radius 3 is 2.33 bits per heavy atom. The third-order valence-corrected chi connectivity index (χ3v) is 3.35. The predicted octanol–water partition coefficient (Wildman–Crippen LogP) is 1.76. The highest BCUT2D eigenvalue weighted by atomic mass is 32.2. The lowest BCUT2D eigenvalue weighted by Gasteiger charge is -2.18. The van der Waals surface area contributed by atoms with E-state index in [1.54, 1.807) is 6.07 Å². The fourth-order valence-corrected chi connectivity index (χ4v) is 2.06. The number of hydrogen-bond acceptors (Lipinski definition) is 4. The van der Waals surface area contributed by atoms with Gasteiger partial charge < -0.3 is 11.1 Å². The molecule has 0 aliphatic carbocycles. The molecule has 0 spiro atoms. The monoisotopic (exact) mass is 271 g/mol. The largest absolute Gasteiger partial charge is 0.399 e. The summed E-state index contributed by atoms with van der Waals surface area (Å²) in [5.74, 6) is 0. The first-order valence-corrected chi connectivity index (χ1v) is 7.30. The maximum absolute atomic E-state index is 11.3. The average Bonchev–Trinajstić information content (AvgIpc) is 2.13. The average molecular weight is 271 g/mol. The summed E-state index contributed by atoms with van der Waals surface area (Å²) >= 11 is 0. The first-order chi connectivity index (χ1) is 8.08. The Morgan fingerprint density at radius 2 is 1.83 bits per heavy atom. The van der Waals surface area contributed by atoms with Crippen LogP contribution >= 0.6 is 0 Å². The van der Waals surface area contributed by atoms with Crippen LogP contribution in [0.25, 0.3) is 0 Å². The van der Waals surface area contributed by atoms with Crippen LogP contribution in [0.15, 0.2) is 23.1 Å². The number of primary sulfonamides is 1. The van der Waals surface area contributed by atoms with E-state index in [0.29, 0.717) is 11.4 Å². The van der Waals surface area contributed by atoms with Crippen molar-refractivity contribution < 1.29 is 8.42 Å². The van der Waals surface area contributed by atoms with E-state index < -0.39 is 10.0 Å². The quantitative estimate of drug-likeness (QED) is 0.727. The minimum absolute atomic E-state index is 0.0285. The van der Waals surface area contributed by atoms with Crippen LogP contribution in [0.3, 0.4) is 0 Å². The molecule has 0 atom stereocenters. The highest BCUT2D eigenvalue weighted by Gasteiger charge is 2.11. The molecule has 102 valence electrons. The fourth-order valence-electron chi connectivity index (χ4n) is 1.47. The Balaban J connectivity index is 2.82. The number of hydrogen-bond donors (Lipinski definition) is 3. The van der Waals surface area contributed by atoms with Crippen molar-refractivity contribution in [1.29, 1.82) is 0 Å². The molecule has 0 unspecified atom stereocenters. The van der Waals surface area contributed by atoms with Crippen LogP contribution in [-0.4, -0.2) is 15.0 Å². The Bertz CT molecular complexity index is 519. The molecule has 6 heteroatoms. The van der Waals surface area contributed by atoms with Gasteiger partial charge in [-0.25, -0.2) is 13.6 Å². The Morgan fingerprint density at radius 1 is 1.22 bits per heavy atom. The van der Waals surface area contributed by atoms with Crippen LogP contribution in [0.5, 0.6) is 0 Å². The molecule has 1 aromatic rings. The number of nitrogens with two attached hydrogens (primary N) is 2. The fraction of sp³-hybridized carbons (Fsp3) is 0.500. The maximum Gasteiger partial charge on any atom is 0.238 e. The first-order valence-electron chi connectivity index (χ1n) is 5.75. The molecule has 0 saturated heterocycles. The lowest BCUT2D eigenvalue weighted by Crippen LogP contribution is -2.15. The molecule has 18 heavy (non-hydrogen) atoms. The zero-order valence-electron chi connectivity index (χ0n) is 11.0. The van der Waals surface area contributed by atoms with Gasteiger partial charge in [0.05, 0.1) is 4.90 Å². The highest BCUT2D eigenvalue weighted by Crippen LogP contribution is 2.22. The van der Waals surface area contributed by atoms with E-state index in [2.05, 4.69) is 26.1 Å². The van der Waals surface area contributed by atoms with E-state index in [1.807, 2.05) is 0 Å². The first kappa shape index (κ1) is 14.8. The molecule has 0 aliphatic rings. The molecule has 0 heterocycles. The standard InChI is InChI=1S/C12H21N3O2S/c1-12(2,3)4-5-15-10-6-9(13)7-11(8-10)18(14,16)17/h6-8,15H,4-5,13H2,1-3H3,(H2,14,16,17). The molecule has 5 N–H and O–H groups in total. The van der Waals surface area contributed by atoms with Gasteiger partial charge in [0.1, 0.15) is 0 Å². The smallest absolute Gasteiger partial charge is 0.238 e. The molecule has 0 bridgehead atoms. The summed E-state index contributed by atoms with van der Waals surface area (Å²) in [5, 5.41) is 8.24. The van der Waals surface area contributed by atoms with Crippen LogP contribution in [-0.2, 0) is 10.0 Å². The van der Waals surface area contributed by atoms with Gasteiger partial charge >= 0.3 is 0 Å². The molecule has 5 nitrogen and oxygen atoms in total. The maximum atomic E-state index is 11.3. The van der Waals surface area contributed by atoms with Gasteiger partial charge in [0.2, 0.25) is 10.0 Å². The zero-order valence-corrected chi connectivity index (χ0v) is 11.8. The topological polar surface area (TPSA) is 98.2 Å². The van der Waals surface area contributed by atoms with Crippen LogP contribution in [0, 0.1) is 5.41 Å². The molecule has 0 radical (unpaired) electrons. The minimum atomic E-state index is -3.72. The third-order valence-electron chi connectivity index (χ3n) is 2.46. The van der Waals surface area contributed by atoms with E-state index in [-0.39, 0.29) is 10.3 Å². The van der Waals surface area contributed by atoms with Crippen LogP contribution in [0.2, 0.25) is 0 Å². The van der Waals surface area contributed by atoms with Gasteiger partial charge in [0.15, 0.2) is 0 Å². The van der Waals surface area contributed by atoms with Crippen LogP contribution in [0.4, 0.5) is 11.4 Å². The van der Waals surface area contributed by atoms with Gasteiger partial charge in [-0.3, -0.25) is 0 Å². The molecule has 0 aromatic heterocycles. The molecular weight excluding hydrogens is 250 g/mol. The van der Waals surface area contributed by atoms with Crippen LogP contribution in [0.1, 0.15) is 27.2 Å². The molecule has 1 aromatic carbocycles. The third kappa shape index (κ3) is 4.93. The van der Waals surface area contributed by atoms with Crippen molar-refractivity contribution in [2.75, 3.05) is 17.6 Å². The van der Waals surface area contributed by atoms with E-state index >= 15 is 0 Å². The summed E-state index contributed by atoms with van der Waals surface area (Å²) in [4.78, 5) is 0.0285. The molecule has 0 saturated carbocycles. The summed E-state index contributed by atoms with van der Waals surface area (Å²) in [6.07, 6.45) is 0.965. The van der Waals surface area contributed by atoms with Crippen molar-refractivity contribution in [3.8, 4) is 0 Å². The Labute approximate surface area is 109 Å². The number of rotatable bonds is 4. The SMILES string of the molecule is CC(C)(C)CCNc1cc(N)cc(S(N)(=O)=O)c1. The Kier molecular flexibility index (Phi) is 4.24. The van der Waals surface area contributed by atoms with Crippen molar-refractivity contribution in [1.82, 2.24) is 0 Å². The molecule has 1 rings (SSSR count). The van der Waals surface area contributed by atoms with Gasteiger partial charge in [0.25, 0.3) is 0 Å². The van der Waals surface area contributed by atoms with Gasteiger partial charge in [-0.1, -0.05) is 20.8 Å². The van der Waals surface area contributed by atoms with Crippen molar-refractivity contribution in [3.05, 3.63) is 18.2 Å². The molecule has 0 amide bonds. The van der Waals surface area contributed by atoms with Gasteiger partial charge in [-0.2, -0.15) is 0 Å². The number of anilines is 2. The van der Waals surface area contributed by atoms with Gasteiger partial charge in [0, 0.05) is 17.9 Å². The second-order valence-corrected chi connectivity index (χ2v) is 7.13. The number of sulfonamides is 1. The summed E-state index contributed by atoms with van der Waals surface area (Å²) in [7, 11) is -3.72. The molecule has 0 fully saturated rings. The summed E-state index contributed by atoms with van der Waals surface area (Å²) in [5.41, 5.74) is 6.92. The summed E-state index contributed by atoms with van der Waals surface area (Å²) in [6, 6.07) is 4.54. The van der Waals surface area contributed by atoms with Crippen molar-refractivity contribution in [2.24, 2.45) is 10.6 Å².